The fourth-order valence-electron chi connectivity index (χ4n) is 2.86. The van der Waals surface area contributed by atoms with Gasteiger partial charge in [0.15, 0.2) is 0 Å². The monoisotopic (exact) mass is 194 g/mol. The molecule has 0 aromatic carbocycles. The molecule has 0 aromatic rings. The SMILES string of the molecule is COC(=O)C1C(=C=O)C2CCC1CC2. The van der Waals surface area contributed by atoms with Crippen LogP contribution in [0, 0.1) is 17.8 Å². The number of ether oxygens (including phenoxy) is 1. The van der Waals surface area contributed by atoms with Crippen molar-refractivity contribution >= 4 is 11.9 Å². The molecule has 0 saturated heterocycles. The quantitative estimate of drug-likeness (QED) is 0.467. The molecule has 3 aliphatic carbocycles. The smallest absolute Gasteiger partial charge is 0.313 e. The third-order valence-electron chi connectivity index (χ3n) is 3.59. The van der Waals surface area contributed by atoms with E-state index in [0.717, 1.165) is 25.7 Å². The first-order valence-electron chi connectivity index (χ1n) is 5.10. The van der Waals surface area contributed by atoms with Crippen LogP contribution >= 0.6 is 0 Å². The van der Waals surface area contributed by atoms with Crippen LogP contribution in [-0.4, -0.2) is 19.0 Å². The van der Waals surface area contributed by atoms with E-state index >= 15 is 0 Å². The van der Waals surface area contributed by atoms with E-state index in [0.29, 0.717) is 17.4 Å². The molecule has 0 aliphatic heterocycles. The van der Waals surface area contributed by atoms with Crippen molar-refractivity contribution < 1.29 is 14.3 Å². The van der Waals surface area contributed by atoms with Crippen molar-refractivity contribution in [3.63, 3.8) is 0 Å². The number of esters is 1. The number of carbonyl (C=O) groups is 1. The lowest BCUT2D eigenvalue weighted by Crippen LogP contribution is -2.39. The lowest BCUT2D eigenvalue weighted by atomic mass is 9.62. The Balaban J connectivity index is 2.30. The van der Waals surface area contributed by atoms with E-state index in [9.17, 15) is 9.59 Å². The summed E-state index contributed by atoms with van der Waals surface area (Å²) in [5.41, 5.74) is 0.666. The van der Waals surface area contributed by atoms with E-state index in [-0.39, 0.29) is 11.9 Å². The van der Waals surface area contributed by atoms with Gasteiger partial charge in [-0.25, -0.2) is 4.79 Å². The highest BCUT2D eigenvalue weighted by atomic mass is 16.5. The number of methoxy groups -OCH3 is 1. The van der Waals surface area contributed by atoms with Crippen LogP contribution in [-0.2, 0) is 14.3 Å². The highest BCUT2D eigenvalue weighted by Gasteiger charge is 2.44. The van der Waals surface area contributed by atoms with Gasteiger partial charge in [-0.2, -0.15) is 0 Å². The van der Waals surface area contributed by atoms with Crippen LogP contribution in [0.3, 0.4) is 0 Å². The molecule has 1 atom stereocenters. The minimum atomic E-state index is -0.287. The first kappa shape index (κ1) is 9.47. The summed E-state index contributed by atoms with van der Waals surface area (Å²) in [4.78, 5) is 22.3. The van der Waals surface area contributed by atoms with E-state index < -0.39 is 0 Å². The molecule has 3 nitrogen and oxygen atoms in total. The second-order valence-electron chi connectivity index (χ2n) is 4.17. The molecular formula is C11H14O3. The predicted molar refractivity (Wildman–Crippen MR) is 50.2 cm³/mol. The Morgan fingerprint density at radius 3 is 2.50 bits per heavy atom. The summed E-state index contributed by atoms with van der Waals surface area (Å²) in [6.07, 6.45) is 4.19. The van der Waals surface area contributed by atoms with Gasteiger partial charge in [0.05, 0.1) is 13.0 Å². The molecule has 0 radical (unpaired) electrons. The highest BCUT2D eigenvalue weighted by Crippen LogP contribution is 2.47. The van der Waals surface area contributed by atoms with Crippen LogP contribution in [0.5, 0.6) is 0 Å². The number of carbonyl (C=O) groups excluding carboxylic acids is 2. The van der Waals surface area contributed by atoms with Gasteiger partial charge in [0.1, 0.15) is 5.94 Å². The van der Waals surface area contributed by atoms with Gasteiger partial charge < -0.3 is 4.74 Å². The first-order valence-corrected chi connectivity index (χ1v) is 5.10. The van der Waals surface area contributed by atoms with Crippen molar-refractivity contribution in [3.05, 3.63) is 5.57 Å². The number of fused-ring (bicyclic) bond motifs is 3. The highest BCUT2D eigenvalue weighted by molar-refractivity contribution is 5.80. The molecule has 2 bridgehead atoms. The van der Waals surface area contributed by atoms with Crippen molar-refractivity contribution in [2.45, 2.75) is 25.7 Å². The summed E-state index contributed by atoms with van der Waals surface area (Å²) in [6, 6.07) is 0. The predicted octanol–water partition coefficient (Wildman–Crippen LogP) is 1.35. The number of rotatable bonds is 1. The van der Waals surface area contributed by atoms with Gasteiger partial charge in [0, 0.05) is 5.57 Å². The molecule has 76 valence electrons. The Morgan fingerprint density at radius 2 is 2.00 bits per heavy atom. The van der Waals surface area contributed by atoms with Crippen LogP contribution in [0.25, 0.3) is 0 Å². The molecular weight excluding hydrogens is 180 g/mol. The average molecular weight is 194 g/mol. The summed E-state index contributed by atoms with van der Waals surface area (Å²) < 4.78 is 4.74. The van der Waals surface area contributed by atoms with Crippen molar-refractivity contribution in [2.24, 2.45) is 17.8 Å². The van der Waals surface area contributed by atoms with Crippen LogP contribution in [0.15, 0.2) is 5.57 Å². The zero-order valence-corrected chi connectivity index (χ0v) is 8.29. The molecule has 0 aromatic heterocycles. The van der Waals surface area contributed by atoms with Crippen molar-refractivity contribution in [1.29, 1.82) is 0 Å². The molecule has 3 saturated carbocycles. The maximum absolute atomic E-state index is 11.5. The molecule has 0 amide bonds. The third kappa shape index (κ3) is 1.28. The lowest BCUT2D eigenvalue weighted by Gasteiger charge is -2.41. The van der Waals surface area contributed by atoms with Crippen LogP contribution in [0.4, 0.5) is 0 Å². The fraction of sp³-hybridized carbons (Fsp3) is 0.727. The summed E-state index contributed by atoms with van der Waals surface area (Å²) in [5, 5.41) is 0. The molecule has 14 heavy (non-hydrogen) atoms. The second kappa shape index (κ2) is 3.58. The fourth-order valence-corrected chi connectivity index (χ4v) is 2.86. The molecule has 0 heterocycles. The summed E-state index contributed by atoms with van der Waals surface area (Å²) in [5.74, 6) is 2.04. The van der Waals surface area contributed by atoms with Gasteiger partial charge in [-0.15, -0.1) is 0 Å². The first-order chi connectivity index (χ1) is 6.77. The normalized spacial score (nSPS) is 35.2. The Kier molecular flexibility index (Phi) is 2.42. The van der Waals surface area contributed by atoms with E-state index in [4.69, 9.17) is 4.74 Å². The zero-order valence-electron chi connectivity index (χ0n) is 8.29. The van der Waals surface area contributed by atoms with Gasteiger partial charge in [-0.05, 0) is 37.5 Å². The maximum atomic E-state index is 11.5. The van der Waals surface area contributed by atoms with E-state index in [1.54, 1.807) is 0 Å². The standard InChI is InChI=1S/C11H14O3/c1-14-11(13)10-8-4-2-7(3-5-8)9(10)6-12/h7-8,10H,2-5H2,1H3. The lowest BCUT2D eigenvalue weighted by molar-refractivity contribution is -0.147. The topological polar surface area (TPSA) is 43.4 Å². The number of hydrogen-bond acceptors (Lipinski definition) is 3. The largest absolute Gasteiger partial charge is 0.469 e. The van der Waals surface area contributed by atoms with Gasteiger partial charge >= 0.3 is 5.97 Å². The second-order valence-corrected chi connectivity index (χ2v) is 4.17. The summed E-state index contributed by atoms with van der Waals surface area (Å²) >= 11 is 0. The van der Waals surface area contributed by atoms with E-state index in [2.05, 4.69) is 0 Å². The van der Waals surface area contributed by atoms with Crippen LogP contribution < -0.4 is 0 Å². The van der Waals surface area contributed by atoms with Gasteiger partial charge in [0.25, 0.3) is 0 Å². The van der Waals surface area contributed by atoms with Crippen molar-refractivity contribution in [3.8, 4) is 0 Å². The maximum Gasteiger partial charge on any atom is 0.313 e. The number of hydrogen-bond donors (Lipinski definition) is 0. The van der Waals surface area contributed by atoms with Crippen LogP contribution in [0.1, 0.15) is 25.7 Å². The summed E-state index contributed by atoms with van der Waals surface area (Å²) in [6.45, 7) is 0. The Labute approximate surface area is 83.1 Å². The van der Waals surface area contributed by atoms with E-state index in [1.807, 2.05) is 5.94 Å². The van der Waals surface area contributed by atoms with Gasteiger partial charge in [-0.1, -0.05) is 0 Å². The van der Waals surface area contributed by atoms with Crippen molar-refractivity contribution in [1.82, 2.24) is 0 Å². The minimum Gasteiger partial charge on any atom is -0.469 e. The molecule has 1 unspecified atom stereocenters. The third-order valence-corrected chi connectivity index (χ3v) is 3.59. The molecule has 3 fully saturated rings. The molecule has 0 N–H and O–H groups in total. The Morgan fingerprint density at radius 1 is 1.36 bits per heavy atom. The van der Waals surface area contributed by atoms with Gasteiger partial charge in [0.2, 0.25) is 0 Å². The summed E-state index contributed by atoms with van der Waals surface area (Å²) in [7, 11) is 1.38. The van der Waals surface area contributed by atoms with Crippen molar-refractivity contribution in [2.75, 3.05) is 7.11 Å². The molecule has 0 spiro atoms. The zero-order chi connectivity index (χ0) is 10.1. The van der Waals surface area contributed by atoms with Crippen LogP contribution in [0.2, 0.25) is 0 Å². The van der Waals surface area contributed by atoms with Gasteiger partial charge in [-0.3, -0.25) is 4.79 Å². The molecule has 3 heteroatoms. The Hall–Kier alpha value is -1.08. The molecule has 3 aliphatic rings. The average Bonchev–Trinajstić information content (AvgIpc) is 2.28. The van der Waals surface area contributed by atoms with E-state index in [1.165, 1.54) is 7.11 Å². The minimum absolute atomic E-state index is 0.252. The molecule has 3 rings (SSSR count). The Bertz CT molecular complexity index is 294.